The lowest BCUT2D eigenvalue weighted by Crippen LogP contribution is -2.13. The first-order chi connectivity index (χ1) is 13.4. The van der Waals surface area contributed by atoms with Crippen LogP contribution in [0.25, 0.3) is 5.69 Å². The minimum absolute atomic E-state index is 0.126. The van der Waals surface area contributed by atoms with Gasteiger partial charge >= 0.3 is 11.9 Å². The highest BCUT2D eigenvalue weighted by molar-refractivity contribution is 5.98. The molecule has 1 N–H and O–H groups in total. The molecule has 0 saturated carbocycles. The fourth-order valence-corrected chi connectivity index (χ4v) is 2.92. The van der Waals surface area contributed by atoms with Gasteiger partial charge in [-0.3, -0.25) is 0 Å². The summed E-state index contributed by atoms with van der Waals surface area (Å²) in [5, 5.41) is 4.17. The fraction of sp³-hybridized carbons (Fsp3) is 0.286. The van der Waals surface area contributed by atoms with E-state index in [1.54, 1.807) is 38.6 Å². The molecule has 1 aromatic carbocycles. The Morgan fingerprint density at radius 3 is 2.46 bits per heavy atom. The number of aryl methyl sites for hydroxylation is 1. The number of aromatic amines is 1. The Balaban J connectivity index is 1.67. The predicted octanol–water partition coefficient (Wildman–Crippen LogP) is 3.74. The molecule has 7 nitrogen and oxygen atoms in total. The number of carbonyl (C=O) groups is 2. The third kappa shape index (κ3) is 4.14. The zero-order valence-electron chi connectivity index (χ0n) is 16.4. The largest absolute Gasteiger partial charge is 0.459 e. The molecular weight excluding hydrogens is 358 g/mol. The molecule has 28 heavy (non-hydrogen) atoms. The molecule has 2 heterocycles. The molecule has 0 atom stereocenters. The number of esters is 2. The van der Waals surface area contributed by atoms with Gasteiger partial charge in [-0.05, 0) is 57.0 Å². The van der Waals surface area contributed by atoms with Gasteiger partial charge in [0.05, 0.1) is 17.4 Å². The summed E-state index contributed by atoms with van der Waals surface area (Å²) < 4.78 is 12.4. The van der Waals surface area contributed by atoms with Crippen molar-refractivity contribution >= 4 is 11.9 Å². The Hall–Kier alpha value is -3.35. The normalized spacial score (nSPS) is 10.9. The Labute approximate surface area is 163 Å². The second kappa shape index (κ2) is 8.12. The molecule has 0 aliphatic rings. The number of nitrogens with zero attached hydrogens (tertiary/aromatic N) is 2. The molecule has 0 amide bonds. The third-order valence-corrected chi connectivity index (χ3v) is 4.26. The number of aromatic nitrogens is 3. The van der Waals surface area contributed by atoms with Crippen LogP contribution in [0.4, 0.5) is 0 Å². The summed E-state index contributed by atoms with van der Waals surface area (Å²) in [5.41, 5.74) is 3.53. The maximum absolute atomic E-state index is 12.5. The first-order valence-electron chi connectivity index (χ1n) is 9.03. The van der Waals surface area contributed by atoms with Gasteiger partial charge in [0, 0.05) is 18.1 Å². The molecule has 0 spiro atoms. The van der Waals surface area contributed by atoms with Crippen LogP contribution in [0, 0.1) is 13.8 Å². The molecule has 2 aromatic heterocycles. The molecule has 0 bridgehead atoms. The number of benzene rings is 1. The van der Waals surface area contributed by atoms with E-state index in [9.17, 15) is 9.59 Å². The van der Waals surface area contributed by atoms with Crippen molar-refractivity contribution in [2.75, 3.05) is 0 Å². The monoisotopic (exact) mass is 381 g/mol. The van der Waals surface area contributed by atoms with Crippen molar-refractivity contribution in [1.82, 2.24) is 14.8 Å². The van der Waals surface area contributed by atoms with Gasteiger partial charge in [-0.1, -0.05) is 12.1 Å². The number of rotatable bonds is 6. The predicted molar refractivity (Wildman–Crippen MR) is 104 cm³/mol. The average Bonchev–Trinajstić information content (AvgIpc) is 3.28. The van der Waals surface area contributed by atoms with Crippen LogP contribution in [0.1, 0.15) is 51.5 Å². The van der Waals surface area contributed by atoms with Crippen LogP contribution >= 0.6 is 0 Å². The van der Waals surface area contributed by atoms with E-state index in [0.29, 0.717) is 16.8 Å². The number of ether oxygens (including phenoxy) is 2. The van der Waals surface area contributed by atoms with Crippen LogP contribution in [0.15, 0.2) is 42.7 Å². The van der Waals surface area contributed by atoms with Crippen molar-refractivity contribution in [1.29, 1.82) is 0 Å². The van der Waals surface area contributed by atoms with Gasteiger partial charge in [0.25, 0.3) is 0 Å². The first-order valence-corrected chi connectivity index (χ1v) is 9.03. The minimum atomic E-state index is -0.514. The summed E-state index contributed by atoms with van der Waals surface area (Å²) in [6, 6.07) is 9.41. The smallest absolute Gasteiger partial charge is 0.355 e. The second-order valence-electron chi connectivity index (χ2n) is 6.77. The van der Waals surface area contributed by atoms with Crippen molar-refractivity contribution in [2.45, 2.75) is 40.4 Å². The van der Waals surface area contributed by atoms with E-state index in [1.165, 1.54) is 0 Å². The molecule has 0 aliphatic heterocycles. The third-order valence-electron chi connectivity index (χ3n) is 4.26. The van der Waals surface area contributed by atoms with E-state index >= 15 is 0 Å². The standard InChI is InChI=1S/C21H23N3O4/c1-13(2)28-20(25)18-14(3)19(23-15(18)4)21(26)27-12-16-6-8-17(9-7-16)24-11-5-10-22-24/h5-11,13,23H,12H2,1-4H3. The van der Waals surface area contributed by atoms with Crippen molar-refractivity contribution < 1.29 is 19.1 Å². The van der Waals surface area contributed by atoms with Crippen LogP contribution in [0.5, 0.6) is 0 Å². The summed E-state index contributed by atoms with van der Waals surface area (Å²) in [6.45, 7) is 7.12. The molecule has 0 aliphatic carbocycles. The quantitative estimate of drug-likeness (QED) is 0.658. The zero-order chi connectivity index (χ0) is 20.3. The zero-order valence-corrected chi connectivity index (χ0v) is 16.4. The summed E-state index contributed by atoms with van der Waals surface area (Å²) in [4.78, 5) is 27.7. The van der Waals surface area contributed by atoms with E-state index in [-0.39, 0.29) is 18.4 Å². The van der Waals surface area contributed by atoms with Crippen molar-refractivity contribution in [3.05, 3.63) is 70.8 Å². The Bertz CT molecular complexity index is 970. The SMILES string of the molecule is Cc1[nH]c(C(=O)OCc2ccc(-n3cccn3)cc2)c(C)c1C(=O)OC(C)C. The van der Waals surface area contributed by atoms with E-state index in [4.69, 9.17) is 9.47 Å². The minimum Gasteiger partial charge on any atom is -0.459 e. The van der Waals surface area contributed by atoms with Crippen LogP contribution in [0.2, 0.25) is 0 Å². The molecule has 7 heteroatoms. The van der Waals surface area contributed by atoms with E-state index in [1.807, 2.05) is 36.5 Å². The molecule has 0 radical (unpaired) electrons. The summed E-state index contributed by atoms with van der Waals surface area (Å²) >= 11 is 0. The van der Waals surface area contributed by atoms with Gasteiger partial charge in [0.1, 0.15) is 12.3 Å². The molecule has 0 unspecified atom stereocenters. The van der Waals surface area contributed by atoms with E-state index in [0.717, 1.165) is 11.3 Å². The van der Waals surface area contributed by atoms with Gasteiger partial charge in [-0.15, -0.1) is 0 Å². The lowest BCUT2D eigenvalue weighted by Gasteiger charge is -2.08. The van der Waals surface area contributed by atoms with E-state index in [2.05, 4.69) is 10.1 Å². The van der Waals surface area contributed by atoms with Gasteiger partial charge in [-0.25, -0.2) is 14.3 Å². The van der Waals surface area contributed by atoms with Gasteiger partial charge in [0.15, 0.2) is 0 Å². The fourth-order valence-electron chi connectivity index (χ4n) is 2.92. The average molecular weight is 381 g/mol. The van der Waals surface area contributed by atoms with Crippen molar-refractivity contribution in [3.8, 4) is 5.69 Å². The van der Waals surface area contributed by atoms with E-state index < -0.39 is 11.9 Å². The van der Waals surface area contributed by atoms with Crippen LogP contribution in [-0.4, -0.2) is 32.8 Å². The Kier molecular flexibility index (Phi) is 5.63. The van der Waals surface area contributed by atoms with Gasteiger partial charge in [0.2, 0.25) is 0 Å². The summed E-state index contributed by atoms with van der Waals surface area (Å²) in [6.07, 6.45) is 3.33. The highest BCUT2D eigenvalue weighted by Crippen LogP contribution is 2.21. The number of H-pyrrole nitrogens is 1. The van der Waals surface area contributed by atoms with Gasteiger partial charge in [-0.2, -0.15) is 5.10 Å². The first kappa shape index (κ1) is 19.4. The Morgan fingerprint density at radius 2 is 1.86 bits per heavy atom. The lowest BCUT2D eigenvalue weighted by molar-refractivity contribution is 0.0376. The number of hydrogen-bond donors (Lipinski definition) is 1. The van der Waals surface area contributed by atoms with Crippen LogP contribution < -0.4 is 0 Å². The summed E-state index contributed by atoms with van der Waals surface area (Å²) in [5.74, 6) is -0.963. The maximum Gasteiger partial charge on any atom is 0.355 e. The molecule has 3 aromatic rings. The number of hydrogen-bond acceptors (Lipinski definition) is 5. The maximum atomic E-state index is 12.5. The number of nitrogens with one attached hydrogen (secondary N) is 1. The Morgan fingerprint density at radius 1 is 1.14 bits per heavy atom. The molecular formula is C21H23N3O4. The molecule has 3 rings (SSSR count). The van der Waals surface area contributed by atoms with Gasteiger partial charge < -0.3 is 14.5 Å². The summed E-state index contributed by atoms with van der Waals surface area (Å²) in [7, 11) is 0. The second-order valence-corrected chi connectivity index (χ2v) is 6.77. The highest BCUT2D eigenvalue weighted by atomic mass is 16.5. The van der Waals surface area contributed by atoms with Crippen LogP contribution in [-0.2, 0) is 16.1 Å². The highest BCUT2D eigenvalue weighted by Gasteiger charge is 2.24. The topological polar surface area (TPSA) is 86.2 Å². The molecule has 0 saturated heterocycles. The molecule has 146 valence electrons. The molecule has 0 fully saturated rings. The lowest BCUT2D eigenvalue weighted by atomic mass is 10.1. The van der Waals surface area contributed by atoms with Crippen LogP contribution in [0.3, 0.4) is 0 Å². The van der Waals surface area contributed by atoms with Crippen molar-refractivity contribution in [2.24, 2.45) is 0 Å². The van der Waals surface area contributed by atoms with Crippen molar-refractivity contribution in [3.63, 3.8) is 0 Å². The number of carbonyl (C=O) groups excluding carboxylic acids is 2.